The average Bonchev–Trinajstić information content (AvgIpc) is 4.03. The van der Waals surface area contributed by atoms with Gasteiger partial charge in [0.2, 0.25) is 0 Å². The van der Waals surface area contributed by atoms with Crippen molar-refractivity contribution < 1.29 is 0 Å². The second-order valence-corrected chi connectivity index (χ2v) is 18.4. The molecule has 12 aromatic rings. The van der Waals surface area contributed by atoms with Gasteiger partial charge in [-0.2, -0.15) is 0 Å². The first-order valence-electron chi connectivity index (χ1n) is 24.2. The highest BCUT2D eigenvalue weighted by molar-refractivity contribution is 6.10. The summed E-state index contributed by atoms with van der Waals surface area (Å²) in [5, 5.41) is 2.47. The fourth-order valence-corrected chi connectivity index (χ4v) is 11.9. The summed E-state index contributed by atoms with van der Waals surface area (Å²) in [6.45, 7) is 0. The Kier molecular flexibility index (Phi) is 9.11. The summed E-state index contributed by atoms with van der Waals surface area (Å²) in [7, 11) is 0. The summed E-state index contributed by atoms with van der Waals surface area (Å²) < 4.78 is 2.40. The predicted molar refractivity (Wildman–Crippen MR) is 292 cm³/mol. The summed E-state index contributed by atoms with van der Waals surface area (Å²) in [5.74, 6) is 0. The van der Waals surface area contributed by atoms with Gasteiger partial charge in [-0.05, 0) is 147 Å². The monoisotopic (exact) mass is 891 g/mol. The molecule has 1 atom stereocenters. The maximum atomic E-state index is 2.48. The van der Waals surface area contributed by atoms with Gasteiger partial charge in [-0.3, -0.25) is 0 Å². The van der Waals surface area contributed by atoms with Crippen molar-refractivity contribution in [2.45, 2.75) is 5.41 Å². The third kappa shape index (κ3) is 6.01. The van der Waals surface area contributed by atoms with E-state index in [1.165, 1.54) is 77.4 Å². The molecule has 14 rings (SSSR count). The molecule has 0 aliphatic heterocycles. The Morgan fingerprint density at radius 2 is 0.729 bits per heavy atom. The molecule has 70 heavy (non-hydrogen) atoms. The number of aromatic nitrogens is 1. The van der Waals surface area contributed by atoms with Crippen LogP contribution in [0.3, 0.4) is 0 Å². The largest absolute Gasteiger partial charge is 0.310 e. The molecule has 0 amide bonds. The van der Waals surface area contributed by atoms with Crippen LogP contribution < -0.4 is 9.80 Å². The minimum absolute atomic E-state index is 0.548. The van der Waals surface area contributed by atoms with Gasteiger partial charge in [0, 0.05) is 50.6 Å². The van der Waals surface area contributed by atoms with E-state index in [9.17, 15) is 0 Å². The van der Waals surface area contributed by atoms with E-state index in [-0.39, 0.29) is 0 Å². The number of nitrogens with zero attached hydrogens (tertiary/aromatic N) is 3. The molecule has 0 fully saturated rings. The molecule has 2 aliphatic carbocycles. The van der Waals surface area contributed by atoms with E-state index in [0.29, 0.717) is 0 Å². The summed E-state index contributed by atoms with van der Waals surface area (Å²) in [4.78, 5) is 4.84. The Labute approximate surface area is 408 Å². The Balaban J connectivity index is 0.971. The number of hydrogen-bond donors (Lipinski definition) is 0. The molecule has 2 aliphatic rings. The van der Waals surface area contributed by atoms with E-state index in [2.05, 4.69) is 287 Å². The molecular weight excluding hydrogens is 847 g/mol. The number of hydrogen-bond acceptors (Lipinski definition) is 2. The average molecular weight is 892 g/mol. The van der Waals surface area contributed by atoms with Crippen molar-refractivity contribution in [3.8, 4) is 39.1 Å². The summed E-state index contributed by atoms with van der Waals surface area (Å²) in [5.41, 5.74) is 22.2. The first-order valence-corrected chi connectivity index (χ1v) is 24.2. The lowest BCUT2D eigenvalue weighted by molar-refractivity contribution is 0.793. The molecule has 0 saturated carbocycles. The van der Waals surface area contributed by atoms with Crippen molar-refractivity contribution in [3.05, 3.63) is 295 Å². The Morgan fingerprint density at radius 1 is 0.257 bits per heavy atom. The van der Waals surface area contributed by atoms with E-state index < -0.39 is 5.41 Å². The normalized spacial score (nSPS) is 14.1. The van der Waals surface area contributed by atoms with E-state index in [1.54, 1.807) is 0 Å². The molecule has 1 unspecified atom stereocenters. The van der Waals surface area contributed by atoms with Crippen LogP contribution in [0.2, 0.25) is 0 Å². The van der Waals surface area contributed by atoms with Crippen molar-refractivity contribution >= 4 is 55.9 Å². The lowest BCUT2D eigenvalue weighted by Crippen LogP contribution is -2.26. The Morgan fingerprint density at radius 3 is 1.44 bits per heavy atom. The van der Waals surface area contributed by atoms with Crippen LogP contribution in [0.5, 0.6) is 0 Å². The van der Waals surface area contributed by atoms with Crippen LogP contribution in [-0.2, 0) is 5.41 Å². The maximum Gasteiger partial charge on any atom is 0.0726 e. The number of fused-ring (bicyclic) bond motifs is 13. The van der Waals surface area contributed by atoms with Crippen molar-refractivity contribution in [2.75, 3.05) is 9.80 Å². The highest BCUT2D eigenvalue weighted by atomic mass is 15.1. The van der Waals surface area contributed by atoms with Crippen LogP contribution in [0.15, 0.2) is 273 Å². The standard InChI is InChI=1S/C67H45N3/c1-5-20-46(21-6-1)47-22-19-29-51(42-47)68(48-23-7-2-8-24-48)53-36-39-57-55-30-13-16-33-61(55)67(64(57)44-53)62-34-17-14-31-56(62)60-43-52(38-41-63(60)67)69(49-25-9-3-10-26-49)54-37-40-59-58-32-15-18-35-65(58)70(66(59)45-54)50-27-11-4-12-28-50/h1-45H. The summed E-state index contributed by atoms with van der Waals surface area (Å²) in [6, 6.07) is 100. The number of rotatable bonds is 8. The lowest BCUT2D eigenvalue weighted by Gasteiger charge is -2.32. The van der Waals surface area contributed by atoms with Crippen LogP contribution >= 0.6 is 0 Å². The minimum atomic E-state index is -0.548. The molecule has 1 aromatic heterocycles. The number of para-hydroxylation sites is 4. The van der Waals surface area contributed by atoms with E-state index in [1.807, 2.05) is 0 Å². The zero-order valence-electron chi connectivity index (χ0n) is 38.3. The molecule has 1 heterocycles. The van der Waals surface area contributed by atoms with Gasteiger partial charge in [0.15, 0.2) is 0 Å². The van der Waals surface area contributed by atoms with E-state index in [0.717, 1.165) is 39.8 Å². The summed E-state index contributed by atoms with van der Waals surface area (Å²) in [6.07, 6.45) is 0. The van der Waals surface area contributed by atoms with Gasteiger partial charge in [0.25, 0.3) is 0 Å². The van der Waals surface area contributed by atoms with E-state index in [4.69, 9.17) is 0 Å². The van der Waals surface area contributed by atoms with Gasteiger partial charge in [0.1, 0.15) is 0 Å². The van der Waals surface area contributed by atoms with E-state index >= 15 is 0 Å². The fraction of sp³-hybridized carbons (Fsp3) is 0.0149. The molecule has 328 valence electrons. The molecule has 3 nitrogen and oxygen atoms in total. The number of benzene rings is 11. The molecule has 11 aromatic carbocycles. The van der Waals surface area contributed by atoms with Crippen LogP contribution in [0.4, 0.5) is 34.1 Å². The first kappa shape index (κ1) is 39.9. The third-order valence-electron chi connectivity index (χ3n) is 14.7. The molecule has 1 spiro atoms. The zero-order valence-corrected chi connectivity index (χ0v) is 38.3. The molecule has 0 radical (unpaired) electrons. The first-order chi connectivity index (χ1) is 34.7. The van der Waals surface area contributed by atoms with Crippen molar-refractivity contribution in [1.29, 1.82) is 0 Å². The van der Waals surface area contributed by atoms with Gasteiger partial charge in [0.05, 0.1) is 16.4 Å². The van der Waals surface area contributed by atoms with Gasteiger partial charge >= 0.3 is 0 Å². The highest BCUT2D eigenvalue weighted by Gasteiger charge is 2.52. The van der Waals surface area contributed by atoms with Crippen LogP contribution in [0.25, 0.3) is 60.9 Å². The highest BCUT2D eigenvalue weighted by Crippen LogP contribution is 2.64. The molecule has 0 N–H and O–H groups in total. The van der Waals surface area contributed by atoms with Gasteiger partial charge in [-0.15, -0.1) is 0 Å². The molecule has 0 bridgehead atoms. The van der Waals surface area contributed by atoms with Gasteiger partial charge in [-0.25, -0.2) is 0 Å². The Bertz CT molecular complexity index is 3950. The second-order valence-electron chi connectivity index (χ2n) is 18.4. The maximum absolute atomic E-state index is 2.48. The van der Waals surface area contributed by atoms with Gasteiger partial charge in [-0.1, -0.05) is 182 Å². The van der Waals surface area contributed by atoms with Crippen molar-refractivity contribution in [3.63, 3.8) is 0 Å². The lowest BCUT2D eigenvalue weighted by atomic mass is 9.70. The molecular formula is C67H45N3. The zero-order chi connectivity index (χ0) is 46.2. The minimum Gasteiger partial charge on any atom is -0.310 e. The summed E-state index contributed by atoms with van der Waals surface area (Å²) >= 11 is 0. The van der Waals surface area contributed by atoms with Crippen LogP contribution in [0.1, 0.15) is 22.3 Å². The smallest absolute Gasteiger partial charge is 0.0726 e. The SMILES string of the molecule is c1ccc(-c2cccc(N(c3ccccc3)c3ccc4c(c3)C3(c5ccccc5-c5cc(N(c6ccccc6)c6ccc7c8ccccc8n(-c8ccccc8)c7c6)ccc53)c3ccccc3-4)c2)cc1. The quantitative estimate of drug-likeness (QED) is 0.151. The van der Waals surface area contributed by atoms with Crippen molar-refractivity contribution in [1.82, 2.24) is 4.57 Å². The number of anilines is 6. The van der Waals surface area contributed by atoms with Crippen LogP contribution in [0, 0.1) is 0 Å². The second kappa shape index (κ2) is 16.0. The molecule has 3 heteroatoms. The van der Waals surface area contributed by atoms with Crippen molar-refractivity contribution in [2.24, 2.45) is 0 Å². The fourth-order valence-electron chi connectivity index (χ4n) is 11.9. The van der Waals surface area contributed by atoms with Crippen LogP contribution in [-0.4, -0.2) is 4.57 Å². The van der Waals surface area contributed by atoms with Gasteiger partial charge < -0.3 is 14.4 Å². The molecule has 0 saturated heterocycles. The topological polar surface area (TPSA) is 11.4 Å². The third-order valence-corrected chi connectivity index (χ3v) is 14.7. The Hall–Kier alpha value is -9.18. The predicted octanol–water partition coefficient (Wildman–Crippen LogP) is 17.7.